The molecule has 1 saturated heterocycles. The second-order valence-corrected chi connectivity index (χ2v) is 7.24. The first-order valence-electron chi connectivity index (χ1n) is 9.48. The molecule has 1 aromatic carbocycles. The fourth-order valence-corrected chi connectivity index (χ4v) is 3.93. The Bertz CT molecular complexity index is 787. The predicted molar refractivity (Wildman–Crippen MR) is 103 cm³/mol. The number of benzene rings is 1. The summed E-state index contributed by atoms with van der Waals surface area (Å²) in [7, 11) is 1.44. The van der Waals surface area contributed by atoms with Crippen LogP contribution in [-0.4, -0.2) is 79.4 Å². The summed E-state index contributed by atoms with van der Waals surface area (Å²) in [6.07, 6.45) is -6.69. The highest BCUT2D eigenvalue weighted by atomic mass is 35.5. The van der Waals surface area contributed by atoms with Crippen LogP contribution in [0.3, 0.4) is 0 Å². The Morgan fingerprint density at radius 3 is 2.63 bits per heavy atom. The Kier molecular flexibility index (Phi) is 7.22. The molecular weight excluding hydrogens is 427 g/mol. The Morgan fingerprint density at radius 1 is 1.33 bits per heavy atom. The third kappa shape index (κ3) is 4.72. The molecule has 1 fully saturated rings. The van der Waals surface area contributed by atoms with Gasteiger partial charge in [0.05, 0.1) is 31.1 Å². The minimum Gasteiger partial charge on any atom is -0.448 e. The molecule has 30 heavy (non-hydrogen) atoms. The molecule has 0 aromatic heterocycles. The third-order valence-corrected chi connectivity index (χ3v) is 5.40. The summed E-state index contributed by atoms with van der Waals surface area (Å²) < 4.78 is 55.7. The van der Waals surface area contributed by atoms with E-state index in [4.69, 9.17) is 25.8 Å². The van der Waals surface area contributed by atoms with Gasteiger partial charge in [-0.2, -0.15) is 23.3 Å². The van der Waals surface area contributed by atoms with Gasteiger partial charge in [-0.25, -0.2) is 4.79 Å². The standard InChI is InChI=1S/C19H23ClF3N3O4/c1-3-30-18(27)26-17(25-7-9-29-10-8-25)16(28-2)14(20)15(24-26)12-5-4-6-13(11-12)19(21,22)23/h4-6,11,14,16-17H,3,7-10H2,1-2H3/t14-,16-,17-/m1/s1. The van der Waals surface area contributed by atoms with Crippen molar-refractivity contribution >= 4 is 23.4 Å². The van der Waals surface area contributed by atoms with Crippen molar-refractivity contribution < 1.29 is 32.2 Å². The molecule has 0 spiro atoms. The molecule has 0 bridgehead atoms. The Labute approximate surface area is 177 Å². The number of rotatable bonds is 4. The van der Waals surface area contributed by atoms with Gasteiger partial charge in [0.15, 0.2) is 0 Å². The number of alkyl halides is 4. The van der Waals surface area contributed by atoms with Crippen LogP contribution in [0.25, 0.3) is 0 Å². The Hall–Kier alpha value is -1.88. The van der Waals surface area contributed by atoms with Crippen LogP contribution in [0.1, 0.15) is 18.1 Å². The van der Waals surface area contributed by atoms with Crippen molar-refractivity contribution in [3.63, 3.8) is 0 Å². The quantitative estimate of drug-likeness (QED) is 0.661. The van der Waals surface area contributed by atoms with Crippen LogP contribution in [0.2, 0.25) is 0 Å². The predicted octanol–water partition coefficient (Wildman–Crippen LogP) is 3.16. The van der Waals surface area contributed by atoms with Crippen molar-refractivity contribution in [1.82, 2.24) is 9.91 Å². The maximum atomic E-state index is 13.2. The second kappa shape index (κ2) is 9.51. The summed E-state index contributed by atoms with van der Waals surface area (Å²) in [5, 5.41) is 4.56. The van der Waals surface area contributed by atoms with E-state index in [1.165, 1.54) is 19.2 Å². The van der Waals surface area contributed by atoms with Gasteiger partial charge in [0, 0.05) is 20.2 Å². The van der Waals surface area contributed by atoms with Crippen molar-refractivity contribution in [2.75, 3.05) is 40.0 Å². The molecule has 0 radical (unpaired) electrons. The van der Waals surface area contributed by atoms with Gasteiger partial charge >= 0.3 is 12.3 Å². The number of hydrazone groups is 1. The summed E-state index contributed by atoms with van der Waals surface area (Å²) in [4.78, 5) is 14.6. The van der Waals surface area contributed by atoms with Gasteiger partial charge < -0.3 is 14.2 Å². The molecule has 2 aliphatic heterocycles. The van der Waals surface area contributed by atoms with E-state index < -0.39 is 35.5 Å². The summed E-state index contributed by atoms with van der Waals surface area (Å²) in [6.45, 7) is 3.71. The molecule has 3 atom stereocenters. The topological polar surface area (TPSA) is 63.6 Å². The van der Waals surface area contributed by atoms with Gasteiger partial charge in [0.25, 0.3) is 0 Å². The van der Waals surface area contributed by atoms with E-state index in [0.717, 1.165) is 17.1 Å². The van der Waals surface area contributed by atoms with Crippen LogP contribution in [0.5, 0.6) is 0 Å². The molecule has 166 valence electrons. The number of hydrogen-bond acceptors (Lipinski definition) is 6. The molecule has 1 amide bonds. The lowest BCUT2D eigenvalue weighted by atomic mass is 9.97. The van der Waals surface area contributed by atoms with Crippen LogP contribution >= 0.6 is 11.6 Å². The molecule has 2 heterocycles. The van der Waals surface area contributed by atoms with Gasteiger partial charge in [-0.3, -0.25) is 4.90 Å². The molecule has 0 unspecified atom stereocenters. The van der Waals surface area contributed by atoms with E-state index in [2.05, 4.69) is 5.10 Å². The number of halogens is 4. The van der Waals surface area contributed by atoms with Gasteiger partial charge in [-0.05, 0) is 24.6 Å². The summed E-state index contributed by atoms with van der Waals surface area (Å²) in [5.74, 6) is 0. The van der Waals surface area contributed by atoms with Crippen LogP contribution < -0.4 is 0 Å². The van der Waals surface area contributed by atoms with Crippen molar-refractivity contribution in [1.29, 1.82) is 0 Å². The van der Waals surface area contributed by atoms with Crippen LogP contribution in [0, 0.1) is 0 Å². The van der Waals surface area contributed by atoms with Crippen LogP contribution in [0.4, 0.5) is 18.0 Å². The summed E-state index contributed by atoms with van der Waals surface area (Å²) >= 11 is 6.64. The highest BCUT2D eigenvalue weighted by Crippen LogP contribution is 2.33. The number of amides is 1. The SMILES string of the molecule is CCOC(=O)N1N=C(c2cccc(C(F)(F)F)c2)[C@@H](Cl)[C@@H](OC)[C@@H]1N1CCOCC1. The maximum Gasteiger partial charge on any atom is 0.432 e. The molecule has 0 N–H and O–H groups in total. The Balaban J connectivity index is 2.06. The molecule has 7 nitrogen and oxygen atoms in total. The zero-order chi connectivity index (χ0) is 21.9. The molecule has 3 rings (SSSR count). The molecular formula is C19H23ClF3N3O4. The maximum absolute atomic E-state index is 13.2. The molecule has 1 aromatic rings. The van der Waals surface area contributed by atoms with Crippen molar-refractivity contribution in [3.8, 4) is 0 Å². The molecule has 2 aliphatic rings. The van der Waals surface area contributed by atoms with Gasteiger partial charge in [-0.1, -0.05) is 12.1 Å². The normalized spacial score (nSPS) is 25.7. The molecule has 11 heteroatoms. The fraction of sp³-hybridized carbons (Fsp3) is 0.579. The van der Waals surface area contributed by atoms with E-state index >= 15 is 0 Å². The average molecular weight is 450 g/mol. The number of morpholine rings is 1. The lowest BCUT2D eigenvalue weighted by Crippen LogP contribution is -2.64. The van der Waals surface area contributed by atoms with Crippen LogP contribution in [-0.2, 0) is 20.4 Å². The van der Waals surface area contributed by atoms with Crippen molar-refractivity contribution in [3.05, 3.63) is 35.4 Å². The average Bonchev–Trinajstić information content (AvgIpc) is 2.73. The highest BCUT2D eigenvalue weighted by molar-refractivity contribution is 6.36. The highest BCUT2D eigenvalue weighted by Gasteiger charge is 2.47. The fourth-order valence-electron chi connectivity index (χ4n) is 3.53. The van der Waals surface area contributed by atoms with Gasteiger partial charge in [0.1, 0.15) is 17.6 Å². The first-order valence-corrected chi connectivity index (χ1v) is 9.92. The molecule has 0 saturated carbocycles. The monoisotopic (exact) mass is 449 g/mol. The first-order chi connectivity index (χ1) is 14.3. The summed E-state index contributed by atoms with van der Waals surface area (Å²) in [6, 6.07) is 4.66. The lowest BCUT2D eigenvalue weighted by Gasteiger charge is -2.45. The number of methoxy groups -OCH3 is 1. The van der Waals surface area contributed by atoms with E-state index in [-0.39, 0.29) is 17.9 Å². The van der Waals surface area contributed by atoms with E-state index in [1.807, 2.05) is 4.90 Å². The van der Waals surface area contributed by atoms with Crippen molar-refractivity contribution in [2.24, 2.45) is 5.10 Å². The smallest absolute Gasteiger partial charge is 0.432 e. The van der Waals surface area contributed by atoms with E-state index in [9.17, 15) is 18.0 Å². The second-order valence-electron chi connectivity index (χ2n) is 6.77. The van der Waals surface area contributed by atoms with Crippen LogP contribution in [0.15, 0.2) is 29.4 Å². The minimum absolute atomic E-state index is 0.104. The van der Waals surface area contributed by atoms with E-state index in [1.54, 1.807) is 6.92 Å². The zero-order valence-corrected chi connectivity index (χ0v) is 17.3. The Morgan fingerprint density at radius 2 is 2.03 bits per heavy atom. The first kappa shape index (κ1) is 22.8. The number of ether oxygens (including phenoxy) is 3. The van der Waals surface area contributed by atoms with Gasteiger partial charge in [-0.15, -0.1) is 11.6 Å². The lowest BCUT2D eigenvalue weighted by molar-refractivity contribution is -0.137. The van der Waals surface area contributed by atoms with Gasteiger partial charge in [0.2, 0.25) is 0 Å². The summed E-state index contributed by atoms with van der Waals surface area (Å²) in [5.41, 5.74) is -0.577. The number of carbonyl (C=O) groups excluding carboxylic acids is 1. The van der Waals surface area contributed by atoms with Crippen molar-refractivity contribution in [2.45, 2.75) is 30.7 Å². The van der Waals surface area contributed by atoms with E-state index in [0.29, 0.717) is 26.3 Å². The largest absolute Gasteiger partial charge is 0.448 e. The third-order valence-electron chi connectivity index (χ3n) is 4.94. The minimum atomic E-state index is -4.52. The number of carbonyl (C=O) groups is 1. The number of nitrogens with zero attached hydrogens (tertiary/aromatic N) is 3. The number of hydrogen-bond donors (Lipinski definition) is 0. The molecule has 0 aliphatic carbocycles. The zero-order valence-electron chi connectivity index (χ0n) is 16.6.